The van der Waals surface area contributed by atoms with Crippen molar-refractivity contribution in [2.24, 2.45) is 11.7 Å². The summed E-state index contributed by atoms with van der Waals surface area (Å²) in [7, 11) is 6.01. The SMILES string of the molecule is Cc1c(-c2ccnn2-c2ccc(C#N)cc2)n(C(=O)C2CCN(C(=O)NCC[N+](C)(C)C)C(N)C2)c(=O)n1-c1cccc(C(F)(F)F)c1.c1ccccc1. The van der Waals surface area contributed by atoms with Gasteiger partial charge in [-0.3, -0.25) is 9.36 Å². The van der Waals surface area contributed by atoms with E-state index in [4.69, 9.17) is 5.73 Å². The van der Waals surface area contributed by atoms with E-state index < -0.39 is 35.4 Å². The number of piperidine rings is 1. The summed E-state index contributed by atoms with van der Waals surface area (Å²) in [5, 5.41) is 16.5. The van der Waals surface area contributed by atoms with Crippen molar-refractivity contribution in [3.63, 3.8) is 0 Å². The van der Waals surface area contributed by atoms with Crippen LogP contribution < -0.4 is 16.7 Å². The summed E-state index contributed by atoms with van der Waals surface area (Å²) in [5.74, 6) is -1.37. The minimum atomic E-state index is -4.66. The number of amides is 2. The first-order valence-electron chi connectivity index (χ1n) is 17.3. The largest absolute Gasteiger partial charge is 0.416 e. The molecule has 0 radical (unpaired) electrons. The number of nitrogens with one attached hydrogen (secondary N) is 1. The Labute approximate surface area is 311 Å². The summed E-state index contributed by atoms with van der Waals surface area (Å²) in [6.45, 7) is 2.84. The lowest BCUT2D eigenvalue weighted by Crippen LogP contribution is -2.56. The molecule has 1 fully saturated rings. The maximum absolute atomic E-state index is 14.3. The second-order valence-electron chi connectivity index (χ2n) is 13.9. The van der Waals surface area contributed by atoms with E-state index in [0.717, 1.165) is 21.3 Å². The minimum Gasteiger partial charge on any atom is -0.332 e. The zero-order valence-corrected chi connectivity index (χ0v) is 30.5. The number of likely N-dealkylation sites (tertiary alicyclic amines) is 1. The lowest BCUT2D eigenvalue weighted by Gasteiger charge is -2.37. The molecule has 1 saturated heterocycles. The smallest absolute Gasteiger partial charge is 0.332 e. The Morgan fingerprint density at radius 3 is 2.20 bits per heavy atom. The summed E-state index contributed by atoms with van der Waals surface area (Å²) < 4.78 is 45.2. The number of carbonyl (C=O) groups is 2. The first-order valence-corrected chi connectivity index (χ1v) is 17.3. The van der Waals surface area contributed by atoms with Crippen LogP contribution in [0.5, 0.6) is 0 Å². The molecule has 2 unspecified atom stereocenters. The fourth-order valence-corrected chi connectivity index (χ4v) is 6.24. The standard InChI is InChI=1S/C33H36F3N9O3.C6H6/c1-21-29(27-12-14-40-44(27)25-10-8-22(20-37)9-11-25)43(32(48)42(21)26-7-5-6-24(19-26)33(34,35)36)30(46)23-13-16-41(28(38)18-23)31(47)39-15-17-45(2,3)4;1-2-4-6-5-3-1/h5-12,14,19,23,28H,13,15-18,38H2,1-4H3;1-6H/p+1. The van der Waals surface area contributed by atoms with Crippen molar-refractivity contribution in [2.75, 3.05) is 40.8 Å². The third kappa shape index (κ3) is 8.96. The highest BCUT2D eigenvalue weighted by atomic mass is 19.4. The van der Waals surface area contributed by atoms with E-state index in [1.165, 1.54) is 27.9 Å². The molecule has 2 atom stereocenters. The van der Waals surface area contributed by atoms with Gasteiger partial charge < -0.3 is 20.4 Å². The van der Waals surface area contributed by atoms with Crippen LogP contribution in [0.25, 0.3) is 22.8 Å². The van der Waals surface area contributed by atoms with Gasteiger partial charge in [-0.1, -0.05) is 42.5 Å². The van der Waals surface area contributed by atoms with Crippen molar-refractivity contribution in [3.05, 3.63) is 124 Å². The van der Waals surface area contributed by atoms with Crippen LogP contribution in [0.4, 0.5) is 18.0 Å². The lowest BCUT2D eigenvalue weighted by atomic mass is 9.93. The van der Waals surface area contributed by atoms with Gasteiger partial charge in [-0.15, -0.1) is 0 Å². The van der Waals surface area contributed by atoms with Crippen LogP contribution in [-0.4, -0.2) is 87.2 Å². The van der Waals surface area contributed by atoms with E-state index >= 15 is 0 Å². The molecule has 5 aromatic rings. The van der Waals surface area contributed by atoms with Gasteiger partial charge in [-0.05, 0) is 68.3 Å². The van der Waals surface area contributed by atoms with Gasteiger partial charge in [0, 0.05) is 12.5 Å². The number of nitrogens with zero attached hydrogens (tertiary/aromatic N) is 7. The van der Waals surface area contributed by atoms with Gasteiger partial charge >= 0.3 is 17.9 Å². The number of rotatable bonds is 7. The number of alkyl halides is 3. The second-order valence-corrected chi connectivity index (χ2v) is 13.9. The lowest BCUT2D eigenvalue weighted by molar-refractivity contribution is -0.869. The van der Waals surface area contributed by atoms with Gasteiger partial charge in [0.1, 0.15) is 0 Å². The number of nitrogens with two attached hydrogens (primary N) is 1. The first kappa shape index (κ1) is 39.2. The van der Waals surface area contributed by atoms with Gasteiger partial charge in [-0.2, -0.15) is 23.5 Å². The third-order valence-corrected chi connectivity index (χ3v) is 9.04. The zero-order chi connectivity index (χ0) is 39.2. The van der Waals surface area contributed by atoms with Crippen LogP contribution in [-0.2, 0) is 6.18 Å². The van der Waals surface area contributed by atoms with E-state index in [2.05, 4.69) is 10.4 Å². The van der Waals surface area contributed by atoms with Crippen LogP contribution in [0.2, 0.25) is 0 Å². The summed E-state index contributed by atoms with van der Waals surface area (Å²) in [6, 6.07) is 26.1. The molecule has 3 aromatic carbocycles. The predicted molar refractivity (Wildman–Crippen MR) is 198 cm³/mol. The van der Waals surface area contributed by atoms with Gasteiger partial charge in [0.25, 0.3) is 0 Å². The number of hydrogen-bond donors (Lipinski definition) is 2. The molecule has 12 nitrogen and oxygen atoms in total. The number of halogens is 3. The van der Waals surface area contributed by atoms with Crippen LogP contribution in [0.15, 0.2) is 102 Å². The molecule has 0 spiro atoms. The number of urea groups is 1. The van der Waals surface area contributed by atoms with Crippen molar-refractivity contribution in [2.45, 2.75) is 32.1 Å². The number of nitriles is 1. The second kappa shape index (κ2) is 16.4. The molecule has 0 saturated carbocycles. The summed E-state index contributed by atoms with van der Waals surface area (Å²) >= 11 is 0. The molecule has 6 rings (SSSR count). The maximum Gasteiger partial charge on any atom is 0.416 e. The molecule has 2 amide bonds. The average molecular weight is 743 g/mol. The Hall–Kier alpha value is -5.98. The minimum absolute atomic E-state index is 0.0656. The van der Waals surface area contributed by atoms with Crippen molar-refractivity contribution < 1.29 is 27.2 Å². The third-order valence-electron chi connectivity index (χ3n) is 9.04. The number of imidazole rings is 1. The fourth-order valence-electron chi connectivity index (χ4n) is 6.24. The van der Waals surface area contributed by atoms with Gasteiger partial charge in [-0.25, -0.2) is 18.8 Å². The number of aromatic nitrogens is 4. The molecule has 2 aromatic heterocycles. The zero-order valence-electron chi connectivity index (χ0n) is 30.5. The molecule has 282 valence electrons. The molecular weight excluding hydrogens is 699 g/mol. The highest BCUT2D eigenvalue weighted by Crippen LogP contribution is 2.33. The molecule has 3 N–H and O–H groups in total. The van der Waals surface area contributed by atoms with Gasteiger partial charge in [0.15, 0.2) is 0 Å². The molecular formula is C39H43F3N9O3+. The average Bonchev–Trinajstić information content (AvgIpc) is 3.72. The predicted octanol–water partition coefficient (Wildman–Crippen LogP) is 5.43. The highest BCUT2D eigenvalue weighted by molar-refractivity contribution is 5.87. The topological polar surface area (TPSA) is 144 Å². The quantitative estimate of drug-likeness (QED) is 0.213. The van der Waals surface area contributed by atoms with Crippen molar-refractivity contribution in [3.8, 4) is 28.8 Å². The molecule has 1 aliphatic rings. The molecule has 0 aliphatic carbocycles. The van der Waals surface area contributed by atoms with E-state index in [0.29, 0.717) is 34.5 Å². The number of carbonyl (C=O) groups excluding carboxylic acids is 2. The number of hydrogen-bond acceptors (Lipinski definition) is 6. The van der Waals surface area contributed by atoms with Crippen molar-refractivity contribution >= 4 is 11.9 Å². The van der Waals surface area contributed by atoms with Gasteiger partial charge in [0.05, 0.1) is 92.2 Å². The maximum atomic E-state index is 14.3. The number of likely N-dealkylation sites (N-methyl/N-ethyl adjacent to an activating group) is 1. The van der Waals surface area contributed by atoms with E-state index in [1.807, 2.05) is 63.6 Å². The van der Waals surface area contributed by atoms with Crippen LogP contribution >= 0.6 is 0 Å². The monoisotopic (exact) mass is 742 g/mol. The van der Waals surface area contributed by atoms with Crippen molar-refractivity contribution in [1.82, 2.24) is 29.1 Å². The van der Waals surface area contributed by atoms with Crippen LogP contribution in [0.3, 0.4) is 0 Å². The van der Waals surface area contributed by atoms with Gasteiger partial charge in [0.2, 0.25) is 5.91 Å². The Bertz CT molecular complexity index is 2150. The fraction of sp³-hybridized carbons (Fsp3) is 0.308. The Kier molecular flexibility index (Phi) is 11.9. The highest BCUT2D eigenvalue weighted by Gasteiger charge is 2.37. The van der Waals surface area contributed by atoms with Crippen molar-refractivity contribution in [1.29, 1.82) is 5.26 Å². The molecule has 1 aliphatic heterocycles. The van der Waals surface area contributed by atoms with E-state index in [9.17, 15) is 32.8 Å². The molecule has 0 bridgehead atoms. The normalized spacial score (nSPS) is 15.9. The Morgan fingerprint density at radius 1 is 0.981 bits per heavy atom. The molecule has 54 heavy (non-hydrogen) atoms. The first-order chi connectivity index (χ1) is 25.6. The Morgan fingerprint density at radius 2 is 1.63 bits per heavy atom. The molecule has 3 heterocycles. The summed E-state index contributed by atoms with van der Waals surface area (Å²) in [6.07, 6.45) is -3.73. The number of benzene rings is 3. The Balaban J connectivity index is 0.000000850. The van der Waals surface area contributed by atoms with Crippen LogP contribution in [0.1, 0.15) is 34.5 Å². The van der Waals surface area contributed by atoms with E-state index in [1.54, 1.807) is 37.3 Å². The molecule has 15 heteroatoms. The van der Waals surface area contributed by atoms with Crippen LogP contribution in [0, 0.1) is 24.2 Å². The summed E-state index contributed by atoms with van der Waals surface area (Å²) in [4.78, 5) is 42.9. The number of quaternary nitrogens is 1. The van der Waals surface area contributed by atoms with E-state index in [-0.39, 0.29) is 42.5 Å². The summed E-state index contributed by atoms with van der Waals surface area (Å²) in [5.41, 5.74) is 6.13.